The Labute approximate surface area is 218 Å². The van der Waals surface area contributed by atoms with E-state index in [4.69, 9.17) is 21.1 Å². The number of benzene rings is 3. The van der Waals surface area contributed by atoms with Crippen molar-refractivity contribution in [2.24, 2.45) is 0 Å². The number of aromatic nitrogens is 2. The zero-order valence-corrected chi connectivity index (χ0v) is 20.5. The zero-order valence-electron chi connectivity index (χ0n) is 19.7. The van der Waals surface area contributed by atoms with Crippen LogP contribution in [0, 0.1) is 5.82 Å². The summed E-state index contributed by atoms with van der Waals surface area (Å²) < 4.78 is 64.3. The highest BCUT2D eigenvalue weighted by molar-refractivity contribution is 6.31. The molecule has 0 aliphatic heterocycles. The molecule has 8 nitrogen and oxygen atoms in total. The molecule has 0 unspecified atom stereocenters. The van der Waals surface area contributed by atoms with Gasteiger partial charge in [0.15, 0.2) is 11.6 Å². The van der Waals surface area contributed by atoms with Crippen molar-refractivity contribution in [2.75, 3.05) is 36.2 Å². The first-order valence-corrected chi connectivity index (χ1v) is 11.4. The van der Waals surface area contributed by atoms with Gasteiger partial charge in [0, 0.05) is 37.2 Å². The number of methoxy groups -OCH3 is 1. The van der Waals surface area contributed by atoms with Crippen LogP contribution in [0.1, 0.15) is 5.56 Å². The average Bonchev–Trinajstić information content (AvgIpc) is 2.86. The Morgan fingerprint density at radius 1 is 1.00 bits per heavy atom. The molecule has 0 fully saturated rings. The Kier molecular flexibility index (Phi) is 8.13. The third kappa shape index (κ3) is 6.78. The predicted molar refractivity (Wildman–Crippen MR) is 135 cm³/mol. The number of halogens is 5. The molecule has 3 aromatic carbocycles. The lowest BCUT2D eigenvalue weighted by Gasteiger charge is -2.13. The summed E-state index contributed by atoms with van der Waals surface area (Å²) in [4.78, 5) is 21.1. The number of hydrogen-bond donors (Lipinski definition) is 3. The van der Waals surface area contributed by atoms with Crippen molar-refractivity contribution < 1.29 is 31.8 Å². The van der Waals surface area contributed by atoms with E-state index in [1.54, 1.807) is 31.5 Å². The van der Waals surface area contributed by atoms with Gasteiger partial charge in [0.2, 0.25) is 0 Å². The van der Waals surface area contributed by atoms with Crippen molar-refractivity contribution in [3.8, 4) is 11.5 Å². The molecule has 0 saturated carbocycles. The van der Waals surface area contributed by atoms with Crippen molar-refractivity contribution >= 4 is 45.9 Å². The summed E-state index contributed by atoms with van der Waals surface area (Å²) in [5, 5.41) is 7.28. The predicted octanol–water partition coefficient (Wildman–Crippen LogP) is 6.94. The number of nitrogens with one attached hydrogen (secondary N) is 3. The van der Waals surface area contributed by atoms with Crippen molar-refractivity contribution in [2.45, 2.75) is 6.18 Å². The van der Waals surface area contributed by atoms with Crippen molar-refractivity contribution in [1.29, 1.82) is 0 Å². The molecule has 0 radical (unpaired) electrons. The lowest BCUT2D eigenvalue weighted by atomic mass is 10.2. The van der Waals surface area contributed by atoms with E-state index < -0.39 is 28.6 Å². The molecule has 2 amide bonds. The summed E-state index contributed by atoms with van der Waals surface area (Å²) >= 11 is 5.60. The molecule has 0 aliphatic rings. The molecule has 0 atom stereocenters. The van der Waals surface area contributed by atoms with Crippen LogP contribution in [0.15, 0.2) is 60.8 Å². The summed E-state index contributed by atoms with van der Waals surface area (Å²) in [5.41, 5.74) is 0.00548. The third-order valence-corrected chi connectivity index (χ3v) is 5.40. The highest BCUT2D eigenvalue weighted by atomic mass is 35.5. The molecule has 4 rings (SSSR count). The number of rotatable bonds is 8. The van der Waals surface area contributed by atoms with Crippen molar-refractivity contribution in [3.63, 3.8) is 0 Å². The van der Waals surface area contributed by atoms with Crippen LogP contribution in [0.25, 0.3) is 11.0 Å². The van der Waals surface area contributed by atoms with Gasteiger partial charge < -0.3 is 25.4 Å². The van der Waals surface area contributed by atoms with Gasteiger partial charge in [-0.25, -0.2) is 14.2 Å². The van der Waals surface area contributed by atoms with Crippen LogP contribution in [0.2, 0.25) is 5.02 Å². The second kappa shape index (κ2) is 11.5. The molecule has 0 spiro atoms. The van der Waals surface area contributed by atoms with Crippen LogP contribution in [-0.2, 0) is 10.9 Å². The minimum Gasteiger partial charge on any atom is -0.454 e. The molecule has 13 heteroatoms. The lowest BCUT2D eigenvalue weighted by Crippen LogP contribution is -2.20. The van der Waals surface area contributed by atoms with E-state index in [2.05, 4.69) is 25.9 Å². The zero-order chi connectivity index (χ0) is 27.3. The minimum atomic E-state index is -4.69. The van der Waals surface area contributed by atoms with E-state index in [1.165, 1.54) is 18.2 Å². The number of amides is 2. The molecule has 1 aromatic heterocycles. The molecule has 3 N–H and O–H groups in total. The Hall–Kier alpha value is -4.16. The van der Waals surface area contributed by atoms with E-state index in [0.717, 1.165) is 12.1 Å². The summed E-state index contributed by atoms with van der Waals surface area (Å²) in [7, 11) is 1.58. The van der Waals surface area contributed by atoms with Gasteiger partial charge in [-0.1, -0.05) is 11.6 Å². The maximum Gasteiger partial charge on any atom is 0.417 e. The third-order valence-electron chi connectivity index (χ3n) is 5.07. The lowest BCUT2D eigenvalue weighted by molar-refractivity contribution is -0.137. The van der Waals surface area contributed by atoms with Gasteiger partial charge in [0.1, 0.15) is 11.6 Å². The Morgan fingerprint density at radius 3 is 2.47 bits per heavy atom. The van der Waals surface area contributed by atoms with E-state index in [1.807, 2.05) is 0 Å². The highest BCUT2D eigenvalue weighted by Crippen LogP contribution is 2.36. The van der Waals surface area contributed by atoms with Crippen molar-refractivity contribution in [1.82, 2.24) is 9.97 Å². The largest absolute Gasteiger partial charge is 0.454 e. The van der Waals surface area contributed by atoms with E-state index in [0.29, 0.717) is 36.1 Å². The molecule has 0 bridgehead atoms. The van der Waals surface area contributed by atoms with Crippen LogP contribution < -0.4 is 20.7 Å². The number of urea groups is 1. The van der Waals surface area contributed by atoms with Crippen LogP contribution in [0.4, 0.5) is 39.5 Å². The molecular weight excluding hydrogens is 530 g/mol. The molecule has 4 aromatic rings. The van der Waals surface area contributed by atoms with Gasteiger partial charge in [-0.3, -0.25) is 4.98 Å². The van der Waals surface area contributed by atoms with E-state index in [-0.39, 0.29) is 22.9 Å². The first kappa shape index (κ1) is 26.9. The van der Waals surface area contributed by atoms with Crippen LogP contribution >= 0.6 is 11.6 Å². The number of carbonyl (C=O) groups excluding carboxylic acids is 1. The number of hydrogen-bond acceptors (Lipinski definition) is 6. The maximum absolute atomic E-state index is 14.5. The first-order chi connectivity index (χ1) is 18.1. The van der Waals surface area contributed by atoms with Gasteiger partial charge in [-0.2, -0.15) is 13.2 Å². The number of carbonyl (C=O) groups is 1. The quantitative estimate of drug-likeness (QED) is 0.163. The minimum absolute atomic E-state index is 0.133. The Morgan fingerprint density at radius 2 is 1.74 bits per heavy atom. The molecular formula is C25H20ClF4N5O3. The highest BCUT2D eigenvalue weighted by Gasteiger charge is 2.33. The maximum atomic E-state index is 14.5. The van der Waals surface area contributed by atoms with E-state index >= 15 is 0 Å². The Balaban J connectivity index is 1.47. The van der Waals surface area contributed by atoms with E-state index in [9.17, 15) is 22.4 Å². The normalized spacial score (nSPS) is 11.3. The summed E-state index contributed by atoms with van der Waals surface area (Å²) in [5.74, 6) is -0.111. The summed E-state index contributed by atoms with van der Waals surface area (Å²) in [6.45, 7) is 1.02. The number of fused-ring (bicyclic) bond motifs is 1. The second-order valence-corrected chi connectivity index (χ2v) is 8.25. The van der Waals surface area contributed by atoms with Crippen LogP contribution in [0.5, 0.6) is 11.5 Å². The van der Waals surface area contributed by atoms with Gasteiger partial charge in [0.05, 0.1) is 34.4 Å². The molecule has 0 aliphatic carbocycles. The number of nitrogens with zero attached hydrogens (tertiary/aromatic N) is 2. The standard InChI is InChI=1S/C25H20ClF4N5O3/c1-37-9-8-31-23-13-32-20-7-4-16(12-21(20)35-23)38-22-11-15(3-6-19(22)27)34-24(36)33-14-2-5-18(26)17(10-14)25(28,29)30/h2-7,10-13H,8-9H2,1H3,(H,31,35)(H2,33,34,36). The summed E-state index contributed by atoms with van der Waals surface area (Å²) in [6, 6.07) is 10.5. The van der Waals surface area contributed by atoms with Gasteiger partial charge in [-0.05, 0) is 42.5 Å². The van der Waals surface area contributed by atoms with Crippen LogP contribution in [-0.4, -0.2) is 36.3 Å². The number of ether oxygens (including phenoxy) is 2. The monoisotopic (exact) mass is 549 g/mol. The molecule has 1 heterocycles. The second-order valence-electron chi connectivity index (χ2n) is 7.84. The van der Waals surface area contributed by atoms with Gasteiger partial charge in [0.25, 0.3) is 0 Å². The fourth-order valence-corrected chi connectivity index (χ4v) is 3.55. The molecule has 38 heavy (non-hydrogen) atoms. The van der Waals surface area contributed by atoms with Crippen LogP contribution in [0.3, 0.4) is 0 Å². The first-order valence-electron chi connectivity index (χ1n) is 11.0. The molecule has 198 valence electrons. The van der Waals surface area contributed by atoms with Gasteiger partial charge in [-0.15, -0.1) is 0 Å². The summed E-state index contributed by atoms with van der Waals surface area (Å²) in [6.07, 6.45) is -3.11. The Bertz CT molecular complexity index is 1470. The fourth-order valence-electron chi connectivity index (χ4n) is 3.32. The number of anilines is 3. The average molecular weight is 550 g/mol. The topological polar surface area (TPSA) is 97.4 Å². The molecule has 0 saturated heterocycles. The number of alkyl halides is 3. The van der Waals surface area contributed by atoms with Gasteiger partial charge >= 0.3 is 12.2 Å². The smallest absolute Gasteiger partial charge is 0.417 e. The fraction of sp³-hybridized carbons (Fsp3) is 0.160. The SMILES string of the molecule is COCCNc1cnc2ccc(Oc3cc(NC(=O)Nc4ccc(Cl)c(C(F)(F)F)c4)ccc3F)cc2n1. The van der Waals surface area contributed by atoms with Crippen molar-refractivity contribution in [3.05, 3.63) is 77.2 Å².